The third-order valence-corrected chi connectivity index (χ3v) is 3.62. The molecule has 4 nitrogen and oxygen atoms in total. The van der Waals surface area contributed by atoms with E-state index in [2.05, 4.69) is 0 Å². The first-order valence-corrected chi connectivity index (χ1v) is 8.16. The van der Waals surface area contributed by atoms with Crippen LogP contribution in [-0.4, -0.2) is 11.1 Å². The maximum absolute atomic E-state index is 10.8. The van der Waals surface area contributed by atoms with Gasteiger partial charge in [-0.3, -0.25) is 0 Å². The first kappa shape index (κ1) is 17.3. The summed E-state index contributed by atoms with van der Waals surface area (Å²) in [6, 6.07) is 26.2. The molecule has 0 heterocycles. The van der Waals surface area contributed by atoms with E-state index >= 15 is 0 Å². The maximum atomic E-state index is 10.8. The Hall–Kier alpha value is -3.53. The molecule has 130 valence electrons. The smallest absolute Gasteiger partial charge is 0.328 e. The molecule has 3 aromatic carbocycles. The topological polar surface area (TPSA) is 55.8 Å². The van der Waals surface area contributed by atoms with Crippen LogP contribution in [0.4, 0.5) is 0 Å². The molecular formula is C22H18O4. The van der Waals surface area contributed by atoms with Crippen LogP contribution in [-0.2, 0) is 4.79 Å². The lowest BCUT2D eigenvalue weighted by Gasteiger charge is -2.22. The summed E-state index contributed by atoms with van der Waals surface area (Å²) in [5.74, 6) is 0.203. The molecule has 0 aliphatic heterocycles. The molecular weight excluding hydrogens is 328 g/mol. The fraction of sp³-hybridized carbons (Fsp3) is 0.0455. The molecule has 0 saturated heterocycles. The van der Waals surface area contributed by atoms with Gasteiger partial charge in [-0.25, -0.2) is 4.79 Å². The van der Waals surface area contributed by atoms with Crippen molar-refractivity contribution in [3.63, 3.8) is 0 Å². The minimum atomic E-state index is -1.01. The molecule has 0 bridgehead atoms. The fourth-order valence-electron chi connectivity index (χ4n) is 2.39. The molecule has 4 heteroatoms. The molecule has 0 spiro atoms. The zero-order chi connectivity index (χ0) is 18.2. The zero-order valence-corrected chi connectivity index (χ0v) is 14.0. The van der Waals surface area contributed by atoms with Crippen molar-refractivity contribution < 1.29 is 19.4 Å². The van der Waals surface area contributed by atoms with Crippen molar-refractivity contribution >= 4 is 12.0 Å². The summed E-state index contributed by atoms with van der Waals surface area (Å²) < 4.78 is 12.1. The Labute approximate surface area is 151 Å². The van der Waals surface area contributed by atoms with Crippen molar-refractivity contribution in [3.8, 4) is 11.5 Å². The number of para-hydroxylation sites is 2. The van der Waals surface area contributed by atoms with Crippen molar-refractivity contribution in [3.05, 3.63) is 102 Å². The van der Waals surface area contributed by atoms with Gasteiger partial charge >= 0.3 is 5.97 Å². The normalized spacial score (nSPS) is 11.8. The van der Waals surface area contributed by atoms with Crippen LogP contribution in [0.15, 0.2) is 91.0 Å². The summed E-state index contributed by atoms with van der Waals surface area (Å²) in [5.41, 5.74) is 1.51. The Morgan fingerprint density at radius 3 is 2.12 bits per heavy atom. The minimum Gasteiger partial charge on any atom is -0.478 e. The van der Waals surface area contributed by atoms with Gasteiger partial charge in [0.05, 0.1) is 0 Å². The van der Waals surface area contributed by atoms with Crippen LogP contribution in [0.25, 0.3) is 6.08 Å². The number of carboxylic acids is 1. The van der Waals surface area contributed by atoms with Crippen molar-refractivity contribution in [1.82, 2.24) is 0 Å². The Balaban J connectivity index is 1.90. The standard InChI is InChI=1S/C22H18O4/c23-21(24)16-15-17-9-7-8-14-20(17)26-22(18-10-3-1-4-11-18)25-19-12-5-2-6-13-19/h1-16,22H,(H,23,24). The lowest BCUT2D eigenvalue weighted by molar-refractivity contribution is -0.131. The number of hydrogen-bond acceptors (Lipinski definition) is 3. The summed E-state index contributed by atoms with van der Waals surface area (Å²) >= 11 is 0. The summed E-state index contributed by atoms with van der Waals surface area (Å²) in [5, 5.41) is 8.87. The molecule has 1 atom stereocenters. The van der Waals surface area contributed by atoms with Gasteiger partial charge in [0, 0.05) is 17.2 Å². The lowest BCUT2D eigenvalue weighted by atomic mass is 10.1. The predicted octanol–water partition coefficient (Wildman–Crippen LogP) is 4.94. The van der Waals surface area contributed by atoms with E-state index in [9.17, 15) is 4.79 Å². The van der Waals surface area contributed by atoms with Crippen LogP contribution < -0.4 is 9.47 Å². The zero-order valence-electron chi connectivity index (χ0n) is 14.0. The van der Waals surface area contributed by atoms with Gasteiger partial charge in [0.1, 0.15) is 11.5 Å². The predicted molar refractivity (Wildman–Crippen MR) is 100.0 cm³/mol. The number of ether oxygens (including phenoxy) is 2. The van der Waals surface area contributed by atoms with Crippen molar-refractivity contribution in [2.45, 2.75) is 6.29 Å². The van der Waals surface area contributed by atoms with Gasteiger partial charge in [-0.2, -0.15) is 0 Å². The van der Waals surface area contributed by atoms with Crippen LogP contribution >= 0.6 is 0 Å². The Morgan fingerprint density at radius 2 is 1.42 bits per heavy atom. The van der Waals surface area contributed by atoms with E-state index in [0.29, 0.717) is 17.1 Å². The highest BCUT2D eigenvalue weighted by atomic mass is 16.7. The molecule has 0 fully saturated rings. The van der Waals surface area contributed by atoms with Crippen LogP contribution in [0.1, 0.15) is 17.4 Å². The van der Waals surface area contributed by atoms with E-state index in [1.165, 1.54) is 6.08 Å². The largest absolute Gasteiger partial charge is 0.478 e. The van der Waals surface area contributed by atoms with E-state index in [1.807, 2.05) is 72.8 Å². The quantitative estimate of drug-likeness (QED) is 0.486. The Kier molecular flexibility index (Phi) is 5.68. The van der Waals surface area contributed by atoms with E-state index in [1.54, 1.807) is 12.1 Å². The number of aliphatic carboxylic acids is 1. The van der Waals surface area contributed by atoms with Gasteiger partial charge in [-0.05, 0) is 24.3 Å². The number of carbonyl (C=O) groups is 1. The van der Waals surface area contributed by atoms with Gasteiger partial charge in [0.2, 0.25) is 0 Å². The van der Waals surface area contributed by atoms with Gasteiger partial charge in [-0.15, -0.1) is 0 Å². The van der Waals surface area contributed by atoms with Crippen LogP contribution in [0.2, 0.25) is 0 Å². The van der Waals surface area contributed by atoms with E-state index in [4.69, 9.17) is 14.6 Å². The number of benzene rings is 3. The molecule has 0 amide bonds. The van der Waals surface area contributed by atoms with E-state index in [0.717, 1.165) is 11.6 Å². The highest BCUT2D eigenvalue weighted by molar-refractivity contribution is 5.85. The second kappa shape index (κ2) is 8.53. The van der Waals surface area contributed by atoms with Gasteiger partial charge < -0.3 is 14.6 Å². The molecule has 0 aliphatic carbocycles. The number of carboxylic acid groups (broad SMARTS) is 1. The van der Waals surface area contributed by atoms with Gasteiger partial charge in [0.15, 0.2) is 0 Å². The summed E-state index contributed by atoms with van der Waals surface area (Å²) in [7, 11) is 0. The molecule has 0 saturated carbocycles. The second-order valence-corrected chi connectivity index (χ2v) is 5.50. The first-order chi connectivity index (χ1) is 12.7. The summed E-state index contributed by atoms with van der Waals surface area (Å²) in [6.07, 6.45) is 1.91. The number of rotatable bonds is 7. The van der Waals surface area contributed by atoms with Crippen LogP contribution in [0.5, 0.6) is 11.5 Å². The van der Waals surface area contributed by atoms with Crippen molar-refractivity contribution in [1.29, 1.82) is 0 Å². The average Bonchev–Trinajstić information content (AvgIpc) is 2.68. The van der Waals surface area contributed by atoms with Crippen molar-refractivity contribution in [2.24, 2.45) is 0 Å². The molecule has 3 rings (SSSR count). The first-order valence-electron chi connectivity index (χ1n) is 8.16. The SMILES string of the molecule is O=C(O)C=Cc1ccccc1OC(Oc1ccccc1)c1ccccc1. The molecule has 1 unspecified atom stereocenters. The highest BCUT2D eigenvalue weighted by Crippen LogP contribution is 2.28. The molecule has 0 radical (unpaired) electrons. The lowest BCUT2D eigenvalue weighted by Crippen LogP contribution is -2.15. The Morgan fingerprint density at radius 1 is 0.808 bits per heavy atom. The average molecular weight is 346 g/mol. The summed E-state index contributed by atoms with van der Waals surface area (Å²) in [6.45, 7) is 0. The minimum absolute atomic E-state index is 0.537. The Bertz CT molecular complexity index is 873. The molecule has 1 N–H and O–H groups in total. The molecule has 0 aromatic heterocycles. The molecule has 26 heavy (non-hydrogen) atoms. The van der Waals surface area contributed by atoms with Gasteiger partial charge in [0.25, 0.3) is 6.29 Å². The third kappa shape index (κ3) is 4.74. The molecule has 3 aromatic rings. The highest BCUT2D eigenvalue weighted by Gasteiger charge is 2.16. The second-order valence-electron chi connectivity index (χ2n) is 5.50. The van der Waals surface area contributed by atoms with Crippen LogP contribution in [0.3, 0.4) is 0 Å². The summed E-state index contributed by atoms with van der Waals surface area (Å²) in [4.78, 5) is 10.8. The van der Waals surface area contributed by atoms with E-state index < -0.39 is 12.3 Å². The van der Waals surface area contributed by atoms with E-state index in [-0.39, 0.29) is 0 Å². The number of hydrogen-bond donors (Lipinski definition) is 1. The third-order valence-electron chi connectivity index (χ3n) is 3.62. The fourth-order valence-corrected chi connectivity index (χ4v) is 2.39. The monoisotopic (exact) mass is 346 g/mol. The van der Waals surface area contributed by atoms with Crippen molar-refractivity contribution in [2.75, 3.05) is 0 Å². The maximum Gasteiger partial charge on any atom is 0.328 e. The van der Waals surface area contributed by atoms with Gasteiger partial charge in [-0.1, -0.05) is 66.7 Å². The molecule has 0 aliphatic rings. The van der Waals surface area contributed by atoms with Crippen LogP contribution in [0, 0.1) is 0 Å².